The lowest BCUT2D eigenvalue weighted by molar-refractivity contribution is 0.414. The van der Waals surface area contributed by atoms with Gasteiger partial charge in [-0.1, -0.05) is 30.3 Å². The number of benzene rings is 2. The van der Waals surface area contributed by atoms with Gasteiger partial charge in [0.2, 0.25) is 0 Å². The van der Waals surface area contributed by atoms with Crippen LogP contribution in [0.5, 0.6) is 5.75 Å². The van der Waals surface area contributed by atoms with Crippen LogP contribution in [0.2, 0.25) is 0 Å². The van der Waals surface area contributed by atoms with Crippen molar-refractivity contribution in [3.05, 3.63) is 52.0 Å². The van der Waals surface area contributed by atoms with Crippen LogP contribution in [0.4, 0.5) is 0 Å². The number of halogens is 1. The average Bonchev–Trinajstić information content (AvgIpc) is 2.29. The quantitative estimate of drug-likeness (QED) is 0.776. The summed E-state index contributed by atoms with van der Waals surface area (Å²) in [6, 6.07) is 12.5. The molecule has 0 spiro atoms. The zero-order valence-corrected chi connectivity index (χ0v) is 11.8. The molecule has 0 bridgehead atoms. The van der Waals surface area contributed by atoms with E-state index in [2.05, 4.69) is 54.0 Å². The molecule has 0 aromatic heterocycles. The highest BCUT2D eigenvalue weighted by Gasteiger charge is 2.12. The Hall–Kier alpha value is -1.28. The Labute approximate surface area is 111 Å². The lowest BCUT2D eigenvalue weighted by Crippen LogP contribution is -1.93. The number of ether oxygens (including phenoxy) is 1. The van der Waals surface area contributed by atoms with E-state index in [0.29, 0.717) is 0 Å². The molecule has 2 heteroatoms. The molecule has 2 aromatic rings. The molecule has 17 heavy (non-hydrogen) atoms. The molecule has 0 N–H and O–H groups in total. The van der Waals surface area contributed by atoms with Crippen LogP contribution in [0.1, 0.15) is 11.1 Å². The molecule has 0 aliphatic heterocycles. The second-order valence-electron chi connectivity index (χ2n) is 4.09. The molecule has 2 aromatic carbocycles. The number of rotatable bonds is 2. The molecule has 0 saturated carbocycles. The highest BCUT2D eigenvalue weighted by Crippen LogP contribution is 2.38. The minimum absolute atomic E-state index is 0.893. The lowest BCUT2D eigenvalue weighted by Gasteiger charge is -2.14. The van der Waals surface area contributed by atoms with E-state index in [1.165, 1.54) is 16.7 Å². The second-order valence-corrected chi connectivity index (χ2v) is 4.94. The van der Waals surface area contributed by atoms with Crippen LogP contribution < -0.4 is 4.74 Å². The minimum atomic E-state index is 0.893. The van der Waals surface area contributed by atoms with E-state index >= 15 is 0 Å². The van der Waals surface area contributed by atoms with Gasteiger partial charge in [0.1, 0.15) is 5.75 Å². The van der Waals surface area contributed by atoms with Crippen molar-refractivity contribution in [1.29, 1.82) is 0 Å². The van der Waals surface area contributed by atoms with Gasteiger partial charge in [-0.2, -0.15) is 0 Å². The Morgan fingerprint density at radius 2 is 1.53 bits per heavy atom. The number of hydrogen-bond donors (Lipinski definition) is 0. The van der Waals surface area contributed by atoms with Gasteiger partial charge in [0.25, 0.3) is 0 Å². The summed E-state index contributed by atoms with van der Waals surface area (Å²) in [5.74, 6) is 0.893. The van der Waals surface area contributed by atoms with Gasteiger partial charge < -0.3 is 4.74 Å². The van der Waals surface area contributed by atoms with Crippen LogP contribution in [-0.2, 0) is 0 Å². The van der Waals surface area contributed by atoms with E-state index in [-0.39, 0.29) is 0 Å². The topological polar surface area (TPSA) is 9.23 Å². The normalized spacial score (nSPS) is 10.4. The molecule has 0 aliphatic rings. The van der Waals surface area contributed by atoms with Crippen molar-refractivity contribution >= 4 is 15.9 Å². The maximum Gasteiger partial charge on any atom is 0.140 e. The molecule has 0 fully saturated rings. The van der Waals surface area contributed by atoms with E-state index in [0.717, 1.165) is 15.8 Å². The van der Waals surface area contributed by atoms with E-state index in [1.54, 1.807) is 7.11 Å². The van der Waals surface area contributed by atoms with Crippen LogP contribution >= 0.6 is 15.9 Å². The van der Waals surface area contributed by atoms with E-state index in [4.69, 9.17) is 4.74 Å². The van der Waals surface area contributed by atoms with Crippen LogP contribution in [0, 0.1) is 13.8 Å². The summed E-state index contributed by atoms with van der Waals surface area (Å²) in [6.07, 6.45) is 0. The van der Waals surface area contributed by atoms with Gasteiger partial charge in [0.05, 0.1) is 11.6 Å². The van der Waals surface area contributed by atoms with Gasteiger partial charge in [-0.3, -0.25) is 0 Å². The summed E-state index contributed by atoms with van der Waals surface area (Å²) >= 11 is 3.53. The highest BCUT2D eigenvalue weighted by atomic mass is 79.9. The average molecular weight is 291 g/mol. The summed E-state index contributed by atoms with van der Waals surface area (Å²) in [5.41, 5.74) is 4.92. The third kappa shape index (κ3) is 2.22. The fourth-order valence-electron chi connectivity index (χ4n) is 2.15. The van der Waals surface area contributed by atoms with Crippen molar-refractivity contribution in [3.63, 3.8) is 0 Å². The molecule has 0 aliphatic carbocycles. The monoisotopic (exact) mass is 290 g/mol. The van der Waals surface area contributed by atoms with Crippen LogP contribution in [-0.4, -0.2) is 7.11 Å². The van der Waals surface area contributed by atoms with Crippen molar-refractivity contribution in [1.82, 2.24) is 0 Å². The predicted octanol–water partition coefficient (Wildman–Crippen LogP) is 4.74. The van der Waals surface area contributed by atoms with Crippen LogP contribution in [0.3, 0.4) is 0 Å². The van der Waals surface area contributed by atoms with Crippen molar-refractivity contribution in [2.75, 3.05) is 7.11 Å². The van der Waals surface area contributed by atoms with Gasteiger partial charge in [0, 0.05) is 5.56 Å². The maximum absolute atomic E-state index is 5.49. The molecule has 2 rings (SSSR count). The smallest absolute Gasteiger partial charge is 0.140 e. The molecule has 88 valence electrons. The maximum atomic E-state index is 5.49. The summed E-state index contributed by atoms with van der Waals surface area (Å²) in [4.78, 5) is 0. The molecule has 1 nitrogen and oxygen atoms in total. The molecular formula is C15H15BrO. The fourth-order valence-corrected chi connectivity index (χ4v) is 2.68. The summed E-state index contributed by atoms with van der Waals surface area (Å²) in [7, 11) is 1.71. The molecule has 0 unspecified atom stereocenters. The molecule has 0 radical (unpaired) electrons. The highest BCUT2D eigenvalue weighted by molar-refractivity contribution is 9.10. The third-order valence-corrected chi connectivity index (χ3v) is 3.55. The Bertz CT molecular complexity index is 526. The Morgan fingerprint density at radius 1 is 0.941 bits per heavy atom. The Kier molecular flexibility index (Phi) is 3.53. The molecule has 0 amide bonds. The van der Waals surface area contributed by atoms with Gasteiger partial charge in [-0.25, -0.2) is 0 Å². The van der Waals surface area contributed by atoms with Crippen LogP contribution in [0.15, 0.2) is 40.9 Å². The fraction of sp³-hybridized carbons (Fsp3) is 0.200. The zero-order valence-electron chi connectivity index (χ0n) is 10.3. The molecule has 0 saturated heterocycles. The number of para-hydroxylation sites is 1. The van der Waals surface area contributed by atoms with Crippen molar-refractivity contribution in [3.8, 4) is 16.9 Å². The van der Waals surface area contributed by atoms with Crippen molar-refractivity contribution in [2.45, 2.75) is 13.8 Å². The minimum Gasteiger partial charge on any atom is -0.495 e. The summed E-state index contributed by atoms with van der Waals surface area (Å²) in [6.45, 7) is 4.26. The van der Waals surface area contributed by atoms with Crippen molar-refractivity contribution < 1.29 is 4.74 Å². The first kappa shape index (κ1) is 12.2. The third-order valence-electron chi connectivity index (χ3n) is 2.92. The van der Waals surface area contributed by atoms with Gasteiger partial charge in [-0.15, -0.1) is 0 Å². The van der Waals surface area contributed by atoms with Crippen LogP contribution in [0.25, 0.3) is 11.1 Å². The number of hydrogen-bond acceptors (Lipinski definition) is 1. The molecule has 0 heterocycles. The van der Waals surface area contributed by atoms with Gasteiger partial charge >= 0.3 is 0 Å². The van der Waals surface area contributed by atoms with Gasteiger partial charge in [0.15, 0.2) is 0 Å². The number of methoxy groups -OCH3 is 1. The zero-order chi connectivity index (χ0) is 12.4. The van der Waals surface area contributed by atoms with Crippen molar-refractivity contribution in [2.24, 2.45) is 0 Å². The lowest BCUT2D eigenvalue weighted by atomic mass is 9.95. The first-order valence-corrected chi connectivity index (χ1v) is 6.33. The standard InChI is InChI=1S/C15H15BrO/c1-10-6-4-7-11(2)14(10)12-8-5-9-13(16)15(12)17-3/h4-9H,1-3H3. The Morgan fingerprint density at radius 3 is 2.12 bits per heavy atom. The molecular weight excluding hydrogens is 276 g/mol. The van der Waals surface area contributed by atoms with E-state index in [1.807, 2.05) is 12.1 Å². The Balaban J connectivity index is 2.73. The SMILES string of the molecule is COc1c(Br)cccc1-c1c(C)cccc1C. The summed E-state index contributed by atoms with van der Waals surface area (Å²) in [5, 5.41) is 0. The largest absolute Gasteiger partial charge is 0.495 e. The predicted molar refractivity (Wildman–Crippen MR) is 75.6 cm³/mol. The summed E-state index contributed by atoms with van der Waals surface area (Å²) < 4.78 is 6.48. The number of aryl methyl sites for hydroxylation is 2. The second kappa shape index (κ2) is 4.92. The van der Waals surface area contributed by atoms with E-state index < -0.39 is 0 Å². The molecule has 0 atom stereocenters. The first-order valence-electron chi connectivity index (χ1n) is 5.54. The van der Waals surface area contributed by atoms with Gasteiger partial charge in [-0.05, 0) is 52.5 Å². The first-order chi connectivity index (χ1) is 8.15. The van der Waals surface area contributed by atoms with E-state index in [9.17, 15) is 0 Å².